The normalized spacial score (nSPS) is 33.1. The molecule has 1 saturated carbocycles. The highest BCUT2D eigenvalue weighted by atomic mass is 32.2. The molecule has 0 aromatic heterocycles. The minimum Gasteiger partial charge on any atom is -0.389 e. The monoisotopic (exact) mass is 317 g/mol. The highest BCUT2D eigenvalue weighted by molar-refractivity contribution is 7.94. The first-order chi connectivity index (χ1) is 10.00. The highest BCUT2D eigenvalue weighted by Gasteiger charge is 2.25. The summed E-state index contributed by atoms with van der Waals surface area (Å²) in [5.74, 6) is 0.697. The Kier molecular flexibility index (Phi) is 6.22. The topological polar surface area (TPSA) is 75.6 Å². The third-order valence-corrected chi connectivity index (χ3v) is 5.81. The molecule has 6 heteroatoms. The number of aliphatic hydroxyl groups is 1. The standard InChI is InChI=1S/C15H27NO4S/c1-2-12-5-3-4-6-15(12)20-10-14(17)9-16-13-7-8-21(18,19)11-13/h7-8,12-17H,2-6,9-11H2,1H3. The van der Waals surface area contributed by atoms with Crippen LogP contribution in [0.25, 0.3) is 0 Å². The molecule has 0 spiro atoms. The highest BCUT2D eigenvalue weighted by Crippen LogP contribution is 2.29. The number of sulfone groups is 1. The Morgan fingerprint density at radius 1 is 1.38 bits per heavy atom. The van der Waals surface area contributed by atoms with E-state index >= 15 is 0 Å². The van der Waals surface area contributed by atoms with Crippen molar-refractivity contribution in [1.82, 2.24) is 5.32 Å². The largest absolute Gasteiger partial charge is 0.389 e. The van der Waals surface area contributed by atoms with Crippen LogP contribution in [0.5, 0.6) is 0 Å². The summed E-state index contributed by atoms with van der Waals surface area (Å²) in [6.45, 7) is 2.86. The van der Waals surface area contributed by atoms with E-state index in [4.69, 9.17) is 4.74 Å². The Labute approximate surface area is 127 Å². The van der Waals surface area contributed by atoms with E-state index in [1.807, 2.05) is 0 Å². The van der Waals surface area contributed by atoms with Gasteiger partial charge in [0.1, 0.15) is 0 Å². The van der Waals surface area contributed by atoms with Crippen molar-refractivity contribution in [3.63, 3.8) is 0 Å². The number of aliphatic hydroxyl groups excluding tert-OH is 1. The van der Waals surface area contributed by atoms with E-state index in [9.17, 15) is 13.5 Å². The third-order valence-electron chi connectivity index (χ3n) is 4.41. The molecule has 21 heavy (non-hydrogen) atoms. The van der Waals surface area contributed by atoms with Crippen LogP contribution in [0.15, 0.2) is 11.5 Å². The number of hydrogen-bond donors (Lipinski definition) is 2. The molecule has 0 aromatic carbocycles. The maximum atomic E-state index is 11.3. The minimum absolute atomic E-state index is 0.0844. The van der Waals surface area contributed by atoms with E-state index in [1.165, 1.54) is 24.7 Å². The molecule has 1 aliphatic heterocycles. The van der Waals surface area contributed by atoms with Crippen molar-refractivity contribution >= 4 is 9.84 Å². The molecule has 2 aliphatic rings. The predicted octanol–water partition coefficient (Wildman–Crippen LogP) is 1.23. The van der Waals surface area contributed by atoms with Gasteiger partial charge in [0.15, 0.2) is 9.84 Å². The fourth-order valence-corrected chi connectivity index (χ4v) is 4.41. The molecule has 0 amide bonds. The average molecular weight is 317 g/mol. The molecule has 122 valence electrons. The van der Waals surface area contributed by atoms with Gasteiger partial charge in [-0.25, -0.2) is 8.42 Å². The molecule has 4 unspecified atom stereocenters. The summed E-state index contributed by atoms with van der Waals surface area (Å²) < 4.78 is 28.4. The minimum atomic E-state index is -3.04. The van der Waals surface area contributed by atoms with E-state index in [0.717, 1.165) is 12.8 Å². The predicted molar refractivity (Wildman–Crippen MR) is 82.7 cm³/mol. The van der Waals surface area contributed by atoms with Crippen molar-refractivity contribution in [1.29, 1.82) is 0 Å². The van der Waals surface area contributed by atoms with Crippen molar-refractivity contribution in [3.05, 3.63) is 11.5 Å². The first-order valence-corrected chi connectivity index (χ1v) is 9.65. The Balaban J connectivity index is 1.65. The number of nitrogens with one attached hydrogen (secondary N) is 1. The smallest absolute Gasteiger partial charge is 0.173 e. The molecule has 4 atom stereocenters. The van der Waals surface area contributed by atoms with Gasteiger partial charge in [0.25, 0.3) is 0 Å². The second-order valence-corrected chi connectivity index (χ2v) is 8.08. The molecule has 2 rings (SSSR count). The molecule has 1 fully saturated rings. The van der Waals surface area contributed by atoms with Gasteiger partial charge in [-0.05, 0) is 18.8 Å². The lowest BCUT2D eigenvalue weighted by Crippen LogP contribution is -2.39. The lowest BCUT2D eigenvalue weighted by atomic mass is 9.85. The zero-order valence-electron chi connectivity index (χ0n) is 12.7. The van der Waals surface area contributed by atoms with Crippen LogP contribution in [0.2, 0.25) is 0 Å². The van der Waals surface area contributed by atoms with Gasteiger partial charge >= 0.3 is 0 Å². The Bertz CT molecular complexity index is 449. The first kappa shape index (κ1) is 16.9. The van der Waals surface area contributed by atoms with Crippen LogP contribution >= 0.6 is 0 Å². The molecule has 5 nitrogen and oxygen atoms in total. The molecule has 0 aromatic rings. The van der Waals surface area contributed by atoms with Gasteiger partial charge in [0.05, 0.1) is 24.6 Å². The SMILES string of the molecule is CCC1CCCCC1OCC(O)CNC1C=CS(=O)(=O)C1. The summed E-state index contributed by atoms with van der Waals surface area (Å²) in [4.78, 5) is 0. The Hall–Kier alpha value is -0.430. The third kappa shape index (κ3) is 5.36. The van der Waals surface area contributed by atoms with Gasteiger partial charge in [-0.2, -0.15) is 0 Å². The Morgan fingerprint density at radius 2 is 2.14 bits per heavy atom. The van der Waals surface area contributed by atoms with E-state index in [-0.39, 0.29) is 17.9 Å². The summed E-state index contributed by atoms with van der Waals surface area (Å²) >= 11 is 0. The lowest BCUT2D eigenvalue weighted by Gasteiger charge is -2.31. The first-order valence-electron chi connectivity index (χ1n) is 7.94. The van der Waals surface area contributed by atoms with Gasteiger partial charge in [-0.3, -0.25) is 0 Å². The number of hydrogen-bond acceptors (Lipinski definition) is 5. The quantitative estimate of drug-likeness (QED) is 0.739. The summed E-state index contributed by atoms with van der Waals surface area (Å²) in [6, 6.07) is -0.192. The maximum Gasteiger partial charge on any atom is 0.173 e. The molecular formula is C15H27NO4S. The van der Waals surface area contributed by atoms with Crippen LogP contribution in [0.4, 0.5) is 0 Å². The van der Waals surface area contributed by atoms with Crippen molar-refractivity contribution in [2.45, 2.75) is 57.3 Å². The van der Waals surface area contributed by atoms with Crippen LogP contribution < -0.4 is 5.32 Å². The molecule has 0 radical (unpaired) electrons. The summed E-state index contributed by atoms with van der Waals surface area (Å²) in [7, 11) is -3.04. The number of ether oxygens (including phenoxy) is 1. The van der Waals surface area contributed by atoms with E-state index in [2.05, 4.69) is 12.2 Å². The summed E-state index contributed by atoms with van der Waals surface area (Å²) in [5, 5.41) is 14.3. The second-order valence-electron chi connectivity index (χ2n) is 6.15. The van der Waals surface area contributed by atoms with Gasteiger partial charge in [-0.15, -0.1) is 0 Å². The second kappa shape index (κ2) is 7.72. The van der Waals surface area contributed by atoms with Gasteiger partial charge < -0.3 is 15.2 Å². The van der Waals surface area contributed by atoms with Crippen LogP contribution in [0, 0.1) is 5.92 Å². The van der Waals surface area contributed by atoms with Crippen molar-refractivity contribution < 1.29 is 18.3 Å². The molecule has 0 saturated heterocycles. The lowest BCUT2D eigenvalue weighted by molar-refractivity contribution is -0.0500. The maximum absolute atomic E-state index is 11.3. The van der Waals surface area contributed by atoms with Crippen LogP contribution in [-0.4, -0.2) is 50.7 Å². The van der Waals surface area contributed by atoms with Crippen molar-refractivity contribution in [3.8, 4) is 0 Å². The molecule has 2 N–H and O–H groups in total. The molecule has 1 heterocycles. The van der Waals surface area contributed by atoms with Gasteiger partial charge in [0, 0.05) is 18.0 Å². The molecular weight excluding hydrogens is 290 g/mol. The van der Waals surface area contributed by atoms with E-state index < -0.39 is 15.9 Å². The zero-order valence-corrected chi connectivity index (χ0v) is 13.5. The fraction of sp³-hybridized carbons (Fsp3) is 0.867. The van der Waals surface area contributed by atoms with Crippen molar-refractivity contribution in [2.24, 2.45) is 5.92 Å². The summed E-state index contributed by atoms with van der Waals surface area (Å²) in [5.41, 5.74) is 0. The fourth-order valence-electron chi connectivity index (χ4n) is 3.14. The van der Waals surface area contributed by atoms with E-state index in [0.29, 0.717) is 19.1 Å². The van der Waals surface area contributed by atoms with Crippen LogP contribution in [0.1, 0.15) is 39.0 Å². The van der Waals surface area contributed by atoms with Gasteiger partial charge in [0.2, 0.25) is 0 Å². The van der Waals surface area contributed by atoms with Gasteiger partial charge in [-0.1, -0.05) is 32.3 Å². The van der Waals surface area contributed by atoms with Crippen LogP contribution in [0.3, 0.4) is 0 Å². The molecule has 1 aliphatic carbocycles. The number of rotatable bonds is 7. The average Bonchev–Trinajstić information content (AvgIpc) is 2.82. The molecule has 0 bridgehead atoms. The van der Waals surface area contributed by atoms with E-state index in [1.54, 1.807) is 6.08 Å². The Morgan fingerprint density at radius 3 is 2.81 bits per heavy atom. The van der Waals surface area contributed by atoms with Crippen molar-refractivity contribution in [2.75, 3.05) is 18.9 Å². The summed E-state index contributed by atoms with van der Waals surface area (Å²) in [6.07, 6.45) is 7.24. The zero-order chi connectivity index (χ0) is 15.3. The van der Waals surface area contributed by atoms with Crippen LogP contribution in [-0.2, 0) is 14.6 Å².